The Morgan fingerprint density at radius 3 is 2.20 bits per heavy atom. The molecule has 3 rings (SSSR count). The van der Waals surface area contributed by atoms with Crippen LogP contribution in [0.3, 0.4) is 0 Å². The Hall–Kier alpha value is -2.53. The van der Waals surface area contributed by atoms with E-state index in [-0.39, 0.29) is 30.8 Å². The van der Waals surface area contributed by atoms with Gasteiger partial charge in [0, 0.05) is 24.0 Å². The predicted molar refractivity (Wildman–Crippen MR) is 144 cm³/mol. The number of carbonyl (C=O) groups excluding carboxylic acids is 2. The van der Waals surface area contributed by atoms with Gasteiger partial charge in [0.25, 0.3) is 0 Å². The predicted octanol–water partition coefficient (Wildman–Crippen LogP) is 6.74. The van der Waals surface area contributed by atoms with Crippen LogP contribution in [0.2, 0.25) is 15.1 Å². The first-order chi connectivity index (χ1) is 16.8. The van der Waals surface area contributed by atoms with E-state index in [9.17, 15) is 9.59 Å². The molecule has 0 radical (unpaired) electrons. The van der Waals surface area contributed by atoms with Crippen molar-refractivity contribution < 1.29 is 9.59 Å². The molecule has 0 spiro atoms. The van der Waals surface area contributed by atoms with Crippen molar-refractivity contribution in [3.05, 3.63) is 105 Å². The third-order valence-corrected chi connectivity index (χ3v) is 7.02. The topological polar surface area (TPSA) is 49.4 Å². The highest BCUT2D eigenvalue weighted by Crippen LogP contribution is 2.25. The number of nitrogens with one attached hydrogen (secondary N) is 1. The molecule has 0 aromatic heterocycles. The van der Waals surface area contributed by atoms with Crippen LogP contribution in [0.4, 0.5) is 0 Å². The number of rotatable bonds is 10. The van der Waals surface area contributed by atoms with Gasteiger partial charge in [-0.05, 0) is 48.2 Å². The van der Waals surface area contributed by atoms with Gasteiger partial charge in [0.1, 0.15) is 6.04 Å². The molecule has 3 aromatic carbocycles. The lowest BCUT2D eigenvalue weighted by molar-refractivity contribution is -0.141. The Morgan fingerprint density at radius 2 is 1.54 bits per heavy atom. The van der Waals surface area contributed by atoms with E-state index in [0.717, 1.165) is 17.5 Å². The summed E-state index contributed by atoms with van der Waals surface area (Å²) in [5.41, 5.74) is 2.45. The molecule has 0 bridgehead atoms. The SMILES string of the molecule is CC[C@@H](C)NC(=O)[C@@H](Cc1ccccc1)N(Cc1ccccc1Cl)C(=O)Cc1ccc(Cl)c(Cl)c1. The first-order valence-electron chi connectivity index (χ1n) is 11.6. The second-order valence-electron chi connectivity index (χ2n) is 8.56. The minimum atomic E-state index is -0.724. The van der Waals surface area contributed by atoms with Crippen LogP contribution < -0.4 is 5.32 Å². The van der Waals surface area contributed by atoms with Gasteiger partial charge in [-0.15, -0.1) is 0 Å². The van der Waals surface area contributed by atoms with E-state index in [1.54, 1.807) is 29.2 Å². The number of amides is 2. The Kier molecular flexibility index (Phi) is 10.0. The maximum atomic E-state index is 13.7. The average Bonchev–Trinajstić information content (AvgIpc) is 2.85. The van der Waals surface area contributed by atoms with Gasteiger partial charge in [-0.25, -0.2) is 0 Å². The summed E-state index contributed by atoms with van der Waals surface area (Å²) in [6, 6.07) is 21.4. The summed E-state index contributed by atoms with van der Waals surface area (Å²) >= 11 is 18.7. The number of hydrogen-bond acceptors (Lipinski definition) is 2. The highest BCUT2D eigenvalue weighted by Gasteiger charge is 2.31. The number of benzene rings is 3. The maximum absolute atomic E-state index is 13.7. The zero-order chi connectivity index (χ0) is 25.4. The summed E-state index contributed by atoms with van der Waals surface area (Å²) in [5, 5.41) is 4.41. The van der Waals surface area contributed by atoms with E-state index >= 15 is 0 Å². The minimum absolute atomic E-state index is 0.0203. The molecule has 0 aliphatic heterocycles. The van der Waals surface area contributed by atoms with Crippen LogP contribution in [0.1, 0.15) is 37.0 Å². The van der Waals surface area contributed by atoms with E-state index in [2.05, 4.69) is 5.32 Å². The third-order valence-electron chi connectivity index (χ3n) is 5.91. The number of nitrogens with zero attached hydrogens (tertiary/aromatic N) is 1. The first-order valence-corrected chi connectivity index (χ1v) is 12.7. The smallest absolute Gasteiger partial charge is 0.243 e. The van der Waals surface area contributed by atoms with Crippen molar-refractivity contribution in [3.8, 4) is 0 Å². The maximum Gasteiger partial charge on any atom is 0.243 e. The van der Waals surface area contributed by atoms with E-state index in [4.69, 9.17) is 34.8 Å². The molecule has 0 saturated heterocycles. The molecule has 7 heteroatoms. The second kappa shape index (κ2) is 13.0. The van der Waals surface area contributed by atoms with Crippen LogP contribution in [0, 0.1) is 0 Å². The fraction of sp³-hybridized carbons (Fsp3) is 0.286. The second-order valence-corrected chi connectivity index (χ2v) is 9.78. The van der Waals surface area contributed by atoms with Gasteiger partial charge in [0.2, 0.25) is 11.8 Å². The molecule has 2 atom stereocenters. The molecule has 2 amide bonds. The van der Waals surface area contributed by atoms with Crippen LogP contribution in [-0.4, -0.2) is 28.8 Å². The van der Waals surface area contributed by atoms with Crippen LogP contribution in [-0.2, 0) is 29.0 Å². The standard InChI is InChI=1S/C28H29Cl3N2O2/c1-3-19(2)32-28(35)26(16-20-9-5-4-6-10-20)33(18-22-11-7-8-12-23(22)29)27(34)17-21-13-14-24(30)25(31)15-21/h4-15,19,26H,3,16-18H2,1-2H3,(H,32,35)/t19-,26-/m1/s1. The summed E-state index contributed by atoms with van der Waals surface area (Å²) < 4.78 is 0. The number of halogens is 3. The van der Waals surface area contributed by atoms with Gasteiger partial charge in [-0.1, -0.05) is 96.3 Å². The zero-order valence-electron chi connectivity index (χ0n) is 19.8. The Labute approximate surface area is 222 Å². The van der Waals surface area contributed by atoms with E-state index in [0.29, 0.717) is 27.1 Å². The van der Waals surface area contributed by atoms with Gasteiger partial charge >= 0.3 is 0 Å². The lowest BCUT2D eigenvalue weighted by Crippen LogP contribution is -2.52. The molecule has 184 valence electrons. The normalized spacial score (nSPS) is 12.6. The number of carbonyl (C=O) groups is 2. The molecule has 1 N–H and O–H groups in total. The highest BCUT2D eigenvalue weighted by molar-refractivity contribution is 6.42. The molecule has 0 unspecified atom stereocenters. The zero-order valence-corrected chi connectivity index (χ0v) is 22.1. The van der Waals surface area contributed by atoms with Crippen molar-refractivity contribution in [2.45, 2.75) is 51.7 Å². The van der Waals surface area contributed by atoms with Crippen LogP contribution in [0.25, 0.3) is 0 Å². The monoisotopic (exact) mass is 530 g/mol. The van der Waals surface area contributed by atoms with E-state index in [1.165, 1.54) is 0 Å². The lowest BCUT2D eigenvalue weighted by atomic mass is 10.0. The first kappa shape index (κ1) is 27.1. The van der Waals surface area contributed by atoms with Crippen molar-refractivity contribution in [1.82, 2.24) is 10.2 Å². The van der Waals surface area contributed by atoms with Crippen molar-refractivity contribution in [3.63, 3.8) is 0 Å². The molecule has 0 fully saturated rings. The van der Waals surface area contributed by atoms with Crippen molar-refractivity contribution >= 4 is 46.6 Å². The van der Waals surface area contributed by atoms with Crippen LogP contribution in [0.15, 0.2) is 72.8 Å². The summed E-state index contributed by atoms with van der Waals surface area (Å²) in [4.78, 5) is 28.9. The summed E-state index contributed by atoms with van der Waals surface area (Å²) in [6.45, 7) is 4.16. The molecule has 0 aliphatic rings. The van der Waals surface area contributed by atoms with E-state index < -0.39 is 6.04 Å². The molecule has 0 heterocycles. The van der Waals surface area contributed by atoms with Crippen molar-refractivity contribution in [2.24, 2.45) is 0 Å². The number of hydrogen-bond donors (Lipinski definition) is 1. The van der Waals surface area contributed by atoms with Gasteiger partial charge in [-0.2, -0.15) is 0 Å². The van der Waals surface area contributed by atoms with Crippen LogP contribution >= 0.6 is 34.8 Å². The lowest BCUT2D eigenvalue weighted by Gasteiger charge is -2.32. The molecule has 3 aromatic rings. The van der Waals surface area contributed by atoms with Gasteiger partial charge in [0.15, 0.2) is 0 Å². The van der Waals surface area contributed by atoms with Gasteiger partial charge in [-0.3, -0.25) is 9.59 Å². The Balaban J connectivity index is 1.99. The molecular formula is C28H29Cl3N2O2. The fourth-order valence-corrected chi connectivity index (χ4v) is 4.25. The fourth-order valence-electron chi connectivity index (χ4n) is 3.73. The van der Waals surface area contributed by atoms with Gasteiger partial charge in [0.05, 0.1) is 16.5 Å². The Bertz CT molecular complexity index is 1150. The van der Waals surface area contributed by atoms with Crippen LogP contribution in [0.5, 0.6) is 0 Å². The molecular weight excluding hydrogens is 503 g/mol. The summed E-state index contributed by atoms with van der Waals surface area (Å²) in [5.74, 6) is -0.402. The quantitative estimate of drug-likeness (QED) is 0.315. The molecule has 0 aliphatic carbocycles. The van der Waals surface area contributed by atoms with E-state index in [1.807, 2.05) is 62.4 Å². The average molecular weight is 532 g/mol. The van der Waals surface area contributed by atoms with Crippen molar-refractivity contribution in [1.29, 1.82) is 0 Å². The minimum Gasteiger partial charge on any atom is -0.352 e. The largest absolute Gasteiger partial charge is 0.352 e. The Morgan fingerprint density at radius 1 is 0.857 bits per heavy atom. The molecule has 35 heavy (non-hydrogen) atoms. The molecule has 4 nitrogen and oxygen atoms in total. The third kappa shape index (κ3) is 7.73. The highest BCUT2D eigenvalue weighted by atomic mass is 35.5. The summed E-state index contributed by atoms with van der Waals surface area (Å²) in [7, 11) is 0. The molecule has 0 saturated carbocycles. The van der Waals surface area contributed by atoms with Gasteiger partial charge < -0.3 is 10.2 Å². The van der Waals surface area contributed by atoms with Crippen molar-refractivity contribution in [2.75, 3.05) is 0 Å². The summed E-state index contributed by atoms with van der Waals surface area (Å²) in [6.07, 6.45) is 1.23.